The Morgan fingerprint density at radius 3 is 0.818 bits per heavy atom. The second kappa shape index (κ2) is 22.2. The summed E-state index contributed by atoms with van der Waals surface area (Å²) in [6.45, 7) is 5.33. The zero-order valence-corrected chi connectivity index (χ0v) is 14.2. The van der Waals surface area contributed by atoms with Crippen molar-refractivity contribution in [2.45, 2.75) is 46.0 Å². The van der Waals surface area contributed by atoms with Crippen LogP contribution in [0.3, 0.4) is 0 Å². The van der Waals surface area contributed by atoms with Gasteiger partial charge in [-0.1, -0.05) is 0 Å². The van der Waals surface area contributed by atoms with Crippen LogP contribution in [0.15, 0.2) is 0 Å². The first-order chi connectivity index (χ1) is 9.34. The SMILES string of the molecule is CC(O)C(=O)[O-].CC(O)C(=O)[O-].CC(O)C(=O)[O-].CCO.[Ti+3]. The molecule has 0 saturated carbocycles. The maximum Gasteiger partial charge on any atom is 3.00 e. The van der Waals surface area contributed by atoms with E-state index in [2.05, 4.69) is 0 Å². The molecule has 0 aliphatic heterocycles. The number of aliphatic hydroxyl groups is 4. The molecule has 0 heterocycles. The van der Waals surface area contributed by atoms with Gasteiger partial charge in [-0.2, -0.15) is 0 Å². The van der Waals surface area contributed by atoms with Crippen LogP contribution in [-0.2, 0) is 36.1 Å². The first-order valence-electron chi connectivity index (χ1n) is 5.62. The molecule has 0 aromatic carbocycles. The minimum Gasteiger partial charge on any atom is -0.547 e. The minimum absolute atomic E-state index is 0. The molecule has 1 radical (unpaired) electrons. The average molecular weight is 361 g/mol. The van der Waals surface area contributed by atoms with E-state index in [4.69, 9.17) is 20.4 Å². The zero-order valence-electron chi connectivity index (χ0n) is 12.7. The summed E-state index contributed by atoms with van der Waals surface area (Å²) >= 11 is 0. The van der Waals surface area contributed by atoms with Gasteiger partial charge in [-0.3, -0.25) is 0 Å². The number of carbonyl (C=O) groups excluding carboxylic acids is 3. The molecule has 129 valence electrons. The second-order valence-corrected chi connectivity index (χ2v) is 3.30. The number of rotatable bonds is 3. The van der Waals surface area contributed by atoms with E-state index < -0.39 is 36.2 Å². The first kappa shape index (κ1) is 32.8. The quantitative estimate of drug-likeness (QED) is 0.351. The van der Waals surface area contributed by atoms with Crippen LogP contribution in [0, 0.1) is 0 Å². The Balaban J connectivity index is -0.0000000591. The molecule has 3 unspecified atom stereocenters. The fraction of sp³-hybridized carbons (Fsp3) is 0.727. The van der Waals surface area contributed by atoms with Gasteiger partial charge in [0.15, 0.2) is 0 Å². The number of hydrogen-bond acceptors (Lipinski definition) is 10. The Hall–Kier alpha value is -1.04. The van der Waals surface area contributed by atoms with Gasteiger partial charge in [0.05, 0.1) is 36.2 Å². The fourth-order valence-electron chi connectivity index (χ4n) is 0. The molecule has 0 aliphatic rings. The van der Waals surface area contributed by atoms with E-state index in [-0.39, 0.29) is 28.3 Å². The van der Waals surface area contributed by atoms with Crippen LogP contribution in [0.2, 0.25) is 0 Å². The molecule has 0 bridgehead atoms. The van der Waals surface area contributed by atoms with E-state index in [1.165, 1.54) is 0 Å². The summed E-state index contributed by atoms with van der Waals surface area (Å²) < 4.78 is 0. The average Bonchev–Trinajstić information content (AvgIpc) is 2.30. The van der Waals surface area contributed by atoms with Crippen molar-refractivity contribution < 1.29 is 71.8 Å². The number of hydrogen-bond donors (Lipinski definition) is 4. The van der Waals surface area contributed by atoms with Crippen molar-refractivity contribution in [3.05, 3.63) is 0 Å². The van der Waals surface area contributed by atoms with Crippen LogP contribution in [0.4, 0.5) is 0 Å². The molecule has 0 spiro atoms. The maximum atomic E-state index is 9.34. The predicted molar refractivity (Wildman–Crippen MR) is 62.8 cm³/mol. The molecule has 0 fully saturated rings. The Morgan fingerprint density at radius 2 is 0.818 bits per heavy atom. The molecule has 22 heavy (non-hydrogen) atoms. The Labute approximate surface area is 142 Å². The largest absolute Gasteiger partial charge is 3.00 e. The van der Waals surface area contributed by atoms with Crippen LogP contribution in [0.5, 0.6) is 0 Å². The summed E-state index contributed by atoms with van der Waals surface area (Å²) in [6, 6.07) is 0. The third kappa shape index (κ3) is 50.9. The minimum atomic E-state index is -1.44. The molecular weight excluding hydrogens is 340 g/mol. The maximum absolute atomic E-state index is 9.34. The van der Waals surface area contributed by atoms with Gasteiger partial charge in [0.2, 0.25) is 0 Å². The van der Waals surface area contributed by atoms with Crippen molar-refractivity contribution in [3.63, 3.8) is 0 Å². The summed E-state index contributed by atoms with van der Waals surface area (Å²) in [7, 11) is 0. The second-order valence-electron chi connectivity index (χ2n) is 3.30. The normalized spacial score (nSPS) is 12.0. The van der Waals surface area contributed by atoms with Crippen molar-refractivity contribution in [2.75, 3.05) is 6.61 Å². The molecule has 0 aromatic rings. The number of carboxylic acid groups (broad SMARTS) is 3. The summed E-state index contributed by atoms with van der Waals surface area (Å²) in [5.74, 6) is -4.31. The summed E-state index contributed by atoms with van der Waals surface area (Å²) in [4.78, 5) is 28.0. The van der Waals surface area contributed by atoms with Gasteiger partial charge in [0, 0.05) is 6.61 Å². The van der Waals surface area contributed by atoms with Gasteiger partial charge in [0.1, 0.15) is 0 Å². The number of carbonyl (C=O) groups is 3. The molecule has 3 atom stereocenters. The van der Waals surface area contributed by atoms with Crippen molar-refractivity contribution in [1.82, 2.24) is 0 Å². The monoisotopic (exact) mass is 361 g/mol. The van der Waals surface area contributed by atoms with Crippen molar-refractivity contribution >= 4 is 17.9 Å². The van der Waals surface area contributed by atoms with Gasteiger partial charge in [0.25, 0.3) is 0 Å². The zero-order chi connectivity index (χ0) is 18.2. The van der Waals surface area contributed by atoms with Gasteiger partial charge in [-0.25, -0.2) is 0 Å². The van der Waals surface area contributed by atoms with Gasteiger partial charge < -0.3 is 50.1 Å². The number of aliphatic carboxylic acids is 3. The molecule has 0 aliphatic carbocycles. The Kier molecular flexibility index (Phi) is 33.2. The fourth-order valence-corrected chi connectivity index (χ4v) is 0. The van der Waals surface area contributed by atoms with E-state index in [0.29, 0.717) is 0 Å². The standard InChI is InChI=1S/3C3H6O3.C2H6O.Ti/c3*1-2(4)3(5)6;1-2-3;/h3*2,4H,1H3,(H,5,6);3H,2H2,1H3;/q;;;;+3/p-3. The molecule has 0 rings (SSSR count). The molecule has 0 saturated heterocycles. The number of aliphatic hydroxyl groups excluding tert-OH is 4. The molecule has 4 N–H and O–H groups in total. The summed E-state index contributed by atoms with van der Waals surface area (Å²) in [5, 5.41) is 59.5. The van der Waals surface area contributed by atoms with Crippen molar-refractivity contribution in [2.24, 2.45) is 0 Å². The van der Waals surface area contributed by atoms with Crippen molar-refractivity contribution in [3.8, 4) is 0 Å². The van der Waals surface area contributed by atoms with E-state index >= 15 is 0 Å². The van der Waals surface area contributed by atoms with Crippen molar-refractivity contribution in [1.29, 1.82) is 0 Å². The summed E-state index contributed by atoms with van der Waals surface area (Å²) in [6.07, 6.45) is -4.03. The van der Waals surface area contributed by atoms with Crippen LogP contribution < -0.4 is 15.3 Å². The number of carboxylic acids is 3. The van der Waals surface area contributed by atoms with Crippen LogP contribution in [0.1, 0.15) is 27.7 Å². The van der Waals surface area contributed by atoms with E-state index in [0.717, 1.165) is 20.8 Å². The van der Waals surface area contributed by atoms with Crippen LogP contribution in [0.25, 0.3) is 0 Å². The Bertz CT molecular complexity index is 235. The van der Waals surface area contributed by atoms with E-state index in [1.54, 1.807) is 6.92 Å². The van der Waals surface area contributed by atoms with E-state index in [9.17, 15) is 29.7 Å². The van der Waals surface area contributed by atoms with Crippen LogP contribution in [-0.4, -0.2) is 63.3 Å². The molecule has 0 amide bonds. The smallest absolute Gasteiger partial charge is 0.547 e. The third-order valence-electron chi connectivity index (χ3n) is 1.02. The van der Waals surface area contributed by atoms with Gasteiger partial charge in [-0.15, -0.1) is 0 Å². The third-order valence-corrected chi connectivity index (χ3v) is 1.02. The predicted octanol–water partition coefficient (Wildman–Crippen LogP) is -5.65. The molecule has 11 heteroatoms. The topological polar surface area (TPSA) is 201 Å². The van der Waals surface area contributed by atoms with Crippen LogP contribution >= 0.6 is 0 Å². The molecular formula is C11H21O10Ti. The van der Waals surface area contributed by atoms with Gasteiger partial charge in [-0.05, 0) is 27.7 Å². The van der Waals surface area contributed by atoms with Gasteiger partial charge >= 0.3 is 21.7 Å². The summed E-state index contributed by atoms with van der Waals surface area (Å²) in [5.41, 5.74) is 0. The molecule has 0 aromatic heterocycles. The Morgan fingerprint density at radius 1 is 0.773 bits per heavy atom. The van der Waals surface area contributed by atoms with E-state index in [1.807, 2.05) is 0 Å². The molecule has 10 nitrogen and oxygen atoms in total. The first-order valence-corrected chi connectivity index (χ1v) is 5.62.